The van der Waals surface area contributed by atoms with Crippen molar-refractivity contribution in [2.45, 2.75) is 58.8 Å². The van der Waals surface area contributed by atoms with E-state index in [-0.39, 0.29) is 11.9 Å². The molecule has 2 N–H and O–H groups in total. The molecule has 2 heterocycles. The van der Waals surface area contributed by atoms with E-state index in [1.165, 1.54) is 5.56 Å². The van der Waals surface area contributed by atoms with E-state index in [9.17, 15) is 4.79 Å². The van der Waals surface area contributed by atoms with E-state index >= 15 is 0 Å². The fourth-order valence-corrected chi connectivity index (χ4v) is 3.69. The van der Waals surface area contributed by atoms with Gasteiger partial charge in [0, 0.05) is 23.9 Å². The summed E-state index contributed by atoms with van der Waals surface area (Å²) in [6.45, 7) is 11.4. The van der Waals surface area contributed by atoms with Gasteiger partial charge in [0.1, 0.15) is 5.82 Å². The predicted octanol–water partition coefficient (Wildman–Crippen LogP) is 4.20. The maximum atomic E-state index is 12.5. The summed E-state index contributed by atoms with van der Waals surface area (Å²) in [5.74, 6) is 1.69. The number of carbonyl (C=O) groups is 1. The van der Waals surface area contributed by atoms with Crippen molar-refractivity contribution >= 4 is 34.5 Å². The van der Waals surface area contributed by atoms with E-state index in [2.05, 4.69) is 41.5 Å². The van der Waals surface area contributed by atoms with Crippen LogP contribution in [0.5, 0.6) is 0 Å². The van der Waals surface area contributed by atoms with Gasteiger partial charge in [-0.05, 0) is 57.4 Å². The second-order valence-corrected chi connectivity index (χ2v) is 8.72. The number of fused-ring (bicyclic) bond motifs is 1. The Morgan fingerprint density at radius 3 is 2.70 bits per heavy atom. The minimum Gasteiger partial charge on any atom is -0.367 e. The number of hydrogen-bond donors (Lipinski definition) is 2. The van der Waals surface area contributed by atoms with Gasteiger partial charge in [-0.3, -0.25) is 4.79 Å². The standard InChI is InChI=1S/C22H30N6OS/c1-6-11-30-22-26-19(25-14(2)3)18-13-24-28(20(18)27-22)10-9-23-21(29)17-8-7-15(4)16(5)12-17/h7-8,12-14H,6,9-11H2,1-5H3,(H,23,29)(H,25,26,27). The zero-order chi connectivity index (χ0) is 21.7. The molecule has 0 atom stereocenters. The molecule has 3 aromatic rings. The highest BCUT2D eigenvalue weighted by Crippen LogP contribution is 2.25. The zero-order valence-corrected chi connectivity index (χ0v) is 19.1. The lowest BCUT2D eigenvalue weighted by Crippen LogP contribution is -2.27. The molecule has 30 heavy (non-hydrogen) atoms. The van der Waals surface area contributed by atoms with Gasteiger partial charge in [0.05, 0.1) is 18.1 Å². The summed E-state index contributed by atoms with van der Waals surface area (Å²) < 4.78 is 1.83. The monoisotopic (exact) mass is 426 g/mol. The molecule has 8 heteroatoms. The lowest BCUT2D eigenvalue weighted by Gasteiger charge is -2.12. The van der Waals surface area contributed by atoms with Gasteiger partial charge in [-0.25, -0.2) is 14.6 Å². The first-order chi connectivity index (χ1) is 14.4. The minimum absolute atomic E-state index is 0.0782. The highest BCUT2D eigenvalue weighted by molar-refractivity contribution is 7.99. The average molecular weight is 427 g/mol. The number of benzene rings is 1. The van der Waals surface area contributed by atoms with Crippen molar-refractivity contribution in [3.05, 3.63) is 41.1 Å². The molecule has 1 aromatic carbocycles. The Kier molecular flexibility index (Phi) is 7.31. The van der Waals surface area contributed by atoms with E-state index in [1.54, 1.807) is 18.0 Å². The van der Waals surface area contributed by atoms with Crippen LogP contribution >= 0.6 is 11.8 Å². The van der Waals surface area contributed by atoms with Crippen molar-refractivity contribution in [3.63, 3.8) is 0 Å². The number of anilines is 1. The Balaban J connectivity index is 1.75. The van der Waals surface area contributed by atoms with E-state index in [0.717, 1.165) is 39.7 Å². The summed E-state index contributed by atoms with van der Waals surface area (Å²) in [7, 11) is 0. The molecule has 3 rings (SSSR count). The van der Waals surface area contributed by atoms with Crippen LogP contribution in [0, 0.1) is 13.8 Å². The third-order valence-electron chi connectivity index (χ3n) is 4.71. The van der Waals surface area contributed by atoms with E-state index < -0.39 is 0 Å². The quantitative estimate of drug-likeness (QED) is 0.394. The number of rotatable bonds is 9. The van der Waals surface area contributed by atoms with Gasteiger partial charge >= 0.3 is 0 Å². The molecule has 0 aliphatic heterocycles. The van der Waals surface area contributed by atoms with Gasteiger partial charge in [-0.1, -0.05) is 24.8 Å². The third kappa shape index (κ3) is 5.30. The average Bonchev–Trinajstić information content (AvgIpc) is 3.11. The smallest absolute Gasteiger partial charge is 0.251 e. The summed E-state index contributed by atoms with van der Waals surface area (Å²) in [6, 6.07) is 6.01. The minimum atomic E-state index is -0.0782. The van der Waals surface area contributed by atoms with E-state index in [1.807, 2.05) is 36.7 Å². The van der Waals surface area contributed by atoms with E-state index in [0.29, 0.717) is 18.7 Å². The van der Waals surface area contributed by atoms with Crippen molar-refractivity contribution in [2.24, 2.45) is 0 Å². The Labute approximate surface area is 182 Å². The van der Waals surface area contributed by atoms with E-state index in [4.69, 9.17) is 4.98 Å². The summed E-state index contributed by atoms with van der Waals surface area (Å²) in [6.07, 6.45) is 2.85. The molecule has 7 nitrogen and oxygen atoms in total. The van der Waals surface area contributed by atoms with Crippen LogP contribution < -0.4 is 10.6 Å². The summed E-state index contributed by atoms with van der Waals surface area (Å²) in [4.78, 5) is 21.9. The molecule has 0 radical (unpaired) electrons. The molecule has 2 aromatic heterocycles. The summed E-state index contributed by atoms with van der Waals surface area (Å²) in [5, 5.41) is 12.5. The SMILES string of the molecule is CCCSc1nc(NC(C)C)c2cnn(CCNC(=O)c3ccc(C)c(C)c3)c2n1. The highest BCUT2D eigenvalue weighted by Gasteiger charge is 2.14. The van der Waals surface area contributed by atoms with Crippen molar-refractivity contribution in [3.8, 4) is 0 Å². The van der Waals surface area contributed by atoms with Gasteiger partial charge < -0.3 is 10.6 Å². The van der Waals surface area contributed by atoms with Crippen molar-refractivity contribution in [1.29, 1.82) is 0 Å². The van der Waals surface area contributed by atoms with Gasteiger partial charge in [0.15, 0.2) is 10.8 Å². The number of aromatic nitrogens is 4. The molecule has 0 saturated carbocycles. The number of hydrogen-bond acceptors (Lipinski definition) is 6. The number of thioether (sulfide) groups is 1. The van der Waals surface area contributed by atoms with Crippen LogP contribution in [0.4, 0.5) is 5.82 Å². The van der Waals surface area contributed by atoms with Crippen LogP contribution in [-0.2, 0) is 6.54 Å². The van der Waals surface area contributed by atoms with Crippen molar-refractivity contribution in [1.82, 2.24) is 25.1 Å². The topological polar surface area (TPSA) is 84.7 Å². The van der Waals surface area contributed by atoms with Crippen molar-refractivity contribution in [2.75, 3.05) is 17.6 Å². The number of carbonyl (C=O) groups excluding carboxylic acids is 1. The number of aryl methyl sites for hydroxylation is 2. The van der Waals surface area contributed by atoms with Crippen LogP contribution in [0.25, 0.3) is 11.0 Å². The molecule has 160 valence electrons. The van der Waals surface area contributed by atoms with Crippen LogP contribution in [-0.4, -0.2) is 44.0 Å². The molecule has 0 aliphatic carbocycles. The van der Waals surface area contributed by atoms with Gasteiger partial charge in [-0.15, -0.1) is 0 Å². The Hall–Kier alpha value is -2.61. The van der Waals surface area contributed by atoms with Crippen LogP contribution in [0.2, 0.25) is 0 Å². The summed E-state index contributed by atoms with van der Waals surface area (Å²) >= 11 is 1.64. The van der Waals surface area contributed by atoms with Crippen LogP contribution in [0.3, 0.4) is 0 Å². The molecule has 1 amide bonds. The van der Waals surface area contributed by atoms with Gasteiger partial charge in [-0.2, -0.15) is 5.10 Å². The maximum Gasteiger partial charge on any atom is 0.251 e. The lowest BCUT2D eigenvalue weighted by molar-refractivity contribution is 0.0952. The second-order valence-electron chi connectivity index (χ2n) is 7.66. The number of nitrogens with zero attached hydrogens (tertiary/aromatic N) is 4. The first-order valence-corrected chi connectivity index (χ1v) is 11.4. The van der Waals surface area contributed by atoms with Crippen LogP contribution in [0.1, 0.15) is 48.7 Å². The fraction of sp³-hybridized carbons (Fsp3) is 0.455. The normalized spacial score (nSPS) is 11.3. The molecular weight excluding hydrogens is 396 g/mol. The first kappa shape index (κ1) is 22.1. The molecule has 0 fully saturated rings. The van der Waals surface area contributed by atoms with Gasteiger partial charge in [0.25, 0.3) is 5.91 Å². The highest BCUT2D eigenvalue weighted by atomic mass is 32.2. The number of amides is 1. The van der Waals surface area contributed by atoms with Gasteiger partial charge in [0.2, 0.25) is 0 Å². The molecular formula is C22H30N6OS. The number of nitrogens with one attached hydrogen (secondary N) is 2. The maximum absolute atomic E-state index is 12.5. The Morgan fingerprint density at radius 1 is 1.20 bits per heavy atom. The molecule has 0 spiro atoms. The fourth-order valence-electron chi connectivity index (χ4n) is 3.00. The molecule has 0 saturated heterocycles. The Bertz CT molecular complexity index is 1030. The van der Waals surface area contributed by atoms with Crippen molar-refractivity contribution < 1.29 is 4.79 Å². The summed E-state index contributed by atoms with van der Waals surface area (Å²) in [5.41, 5.74) is 3.75. The third-order valence-corrected chi connectivity index (χ3v) is 5.77. The Morgan fingerprint density at radius 2 is 2.00 bits per heavy atom. The molecule has 0 bridgehead atoms. The second kappa shape index (κ2) is 9.93. The molecule has 0 unspecified atom stereocenters. The van der Waals surface area contributed by atoms with Crippen LogP contribution in [0.15, 0.2) is 29.6 Å². The predicted molar refractivity (Wildman–Crippen MR) is 123 cm³/mol. The first-order valence-electron chi connectivity index (χ1n) is 10.4. The molecule has 0 aliphatic rings. The largest absolute Gasteiger partial charge is 0.367 e. The zero-order valence-electron chi connectivity index (χ0n) is 18.3. The lowest BCUT2D eigenvalue weighted by atomic mass is 10.1.